The molecule has 1 aromatic rings. The Bertz CT molecular complexity index is 439. The molecule has 1 amide bonds. The third-order valence-corrected chi connectivity index (χ3v) is 3.87. The molecule has 3 nitrogen and oxygen atoms in total. The summed E-state index contributed by atoms with van der Waals surface area (Å²) in [7, 11) is 0. The number of amides is 1. The first-order chi connectivity index (χ1) is 8.11. The Morgan fingerprint density at radius 3 is 2.94 bits per heavy atom. The van der Waals surface area contributed by atoms with Crippen molar-refractivity contribution in [3.63, 3.8) is 0 Å². The highest BCUT2D eigenvalue weighted by Gasteiger charge is 2.26. The Morgan fingerprint density at radius 1 is 1.59 bits per heavy atom. The van der Waals surface area contributed by atoms with E-state index >= 15 is 0 Å². The predicted octanol–water partition coefficient (Wildman–Crippen LogP) is 2.52. The summed E-state index contributed by atoms with van der Waals surface area (Å²) in [6.45, 7) is 2.15. The van der Waals surface area contributed by atoms with Crippen molar-refractivity contribution in [3.05, 3.63) is 33.3 Å². The molecular weight excluding hydrogens is 304 g/mol. The first-order valence-electron chi connectivity index (χ1n) is 5.56. The van der Waals surface area contributed by atoms with Gasteiger partial charge in [-0.15, -0.1) is 0 Å². The van der Waals surface area contributed by atoms with Crippen molar-refractivity contribution in [2.75, 3.05) is 19.6 Å². The molecule has 2 N–H and O–H groups in total. The molecule has 0 spiro atoms. The second kappa shape index (κ2) is 5.38. The van der Waals surface area contributed by atoms with Crippen LogP contribution in [0.1, 0.15) is 16.8 Å². The molecule has 0 aliphatic carbocycles. The molecule has 5 heteroatoms. The van der Waals surface area contributed by atoms with Crippen LogP contribution in [0.4, 0.5) is 0 Å². The smallest absolute Gasteiger partial charge is 0.255 e. The van der Waals surface area contributed by atoms with Gasteiger partial charge in [0.15, 0.2) is 0 Å². The van der Waals surface area contributed by atoms with Gasteiger partial charge in [0.05, 0.1) is 10.6 Å². The molecule has 0 unspecified atom stereocenters. The van der Waals surface area contributed by atoms with Gasteiger partial charge in [-0.25, -0.2) is 0 Å². The molecule has 2 rings (SSSR count). The molecule has 1 atom stereocenters. The maximum absolute atomic E-state index is 12.2. The lowest BCUT2D eigenvalue weighted by atomic mass is 10.1. The molecule has 17 heavy (non-hydrogen) atoms. The standard InChI is InChI=1S/C12H14BrClN2O/c13-9-1-2-10(11(14)5-9)12(17)16-4-3-8(6-15)7-16/h1-2,5,8H,3-4,6-7,15H2/t8-/m0/s1. The van der Waals surface area contributed by atoms with Gasteiger partial charge in [-0.1, -0.05) is 27.5 Å². The lowest BCUT2D eigenvalue weighted by Crippen LogP contribution is -2.30. The Labute approximate surface area is 114 Å². The second-order valence-electron chi connectivity index (χ2n) is 4.27. The van der Waals surface area contributed by atoms with Gasteiger partial charge >= 0.3 is 0 Å². The van der Waals surface area contributed by atoms with Crippen LogP contribution in [0.2, 0.25) is 5.02 Å². The SMILES string of the molecule is NC[C@@H]1CCN(C(=O)c2ccc(Br)cc2Cl)C1. The summed E-state index contributed by atoms with van der Waals surface area (Å²) in [5, 5.41) is 0.487. The minimum absolute atomic E-state index is 0.00144. The summed E-state index contributed by atoms with van der Waals surface area (Å²) in [5.41, 5.74) is 6.18. The summed E-state index contributed by atoms with van der Waals surface area (Å²) in [6.07, 6.45) is 0.983. The molecule has 0 bridgehead atoms. The molecule has 0 aromatic heterocycles. The first kappa shape index (κ1) is 12.9. The van der Waals surface area contributed by atoms with Crippen LogP contribution in [0.5, 0.6) is 0 Å². The van der Waals surface area contributed by atoms with Crippen molar-refractivity contribution < 1.29 is 4.79 Å². The van der Waals surface area contributed by atoms with Crippen LogP contribution in [0.25, 0.3) is 0 Å². The van der Waals surface area contributed by atoms with E-state index in [4.69, 9.17) is 17.3 Å². The third kappa shape index (κ3) is 2.81. The van der Waals surface area contributed by atoms with E-state index in [-0.39, 0.29) is 5.91 Å². The summed E-state index contributed by atoms with van der Waals surface area (Å²) < 4.78 is 0.875. The number of nitrogens with two attached hydrogens (primary N) is 1. The van der Waals surface area contributed by atoms with Crippen LogP contribution in [0.3, 0.4) is 0 Å². The van der Waals surface area contributed by atoms with Gasteiger partial charge in [0.25, 0.3) is 5.91 Å². The van der Waals surface area contributed by atoms with E-state index in [9.17, 15) is 4.79 Å². The molecular formula is C12H14BrClN2O. The van der Waals surface area contributed by atoms with Gasteiger partial charge in [-0.05, 0) is 37.1 Å². The van der Waals surface area contributed by atoms with Crippen molar-refractivity contribution >= 4 is 33.4 Å². The number of likely N-dealkylation sites (tertiary alicyclic amines) is 1. The van der Waals surface area contributed by atoms with Gasteiger partial charge in [0, 0.05) is 17.6 Å². The summed E-state index contributed by atoms with van der Waals surface area (Å²) in [4.78, 5) is 14.1. The maximum Gasteiger partial charge on any atom is 0.255 e. The number of halogens is 2. The Balaban J connectivity index is 2.15. The highest BCUT2D eigenvalue weighted by Crippen LogP contribution is 2.25. The fourth-order valence-electron chi connectivity index (χ4n) is 2.04. The Morgan fingerprint density at radius 2 is 2.35 bits per heavy atom. The van der Waals surface area contributed by atoms with E-state index in [1.54, 1.807) is 12.1 Å². The monoisotopic (exact) mass is 316 g/mol. The predicted molar refractivity (Wildman–Crippen MR) is 72.2 cm³/mol. The highest BCUT2D eigenvalue weighted by atomic mass is 79.9. The van der Waals surface area contributed by atoms with Crippen LogP contribution in [-0.2, 0) is 0 Å². The van der Waals surface area contributed by atoms with Gasteiger partial charge in [-0.3, -0.25) is 4.79 Å². The molecule has 1 fully saturated rings. The van der Waals surface area contributed by atoms with E-state index in [2.05, 4.69) is 15.9 Å². The zero-order valence-electron chi connectivity index (χ0n) is 9.33. The number of rotatable bonds is 2. The van der Waals surface area contributed by atoms with Crippen molar-refractivity contribution in [2.24, 2.45) is 11.7 Å². The fourth-order valence-corrected chi connectivity index (χ4v) is 2.80. The van der Waals surface area contributed by atoms with Gasteiger partial charge < -0.3 is 10.6 Å². The third-order valence-electron chi connectivity index (χ3n) is 3.07. The number of benzene rings is 1. The number of carbonyl (C=O) groups is 1. The first-order valence-corrected chi connectivity index (χ1v) is 6.73. The Hall–Kier alpha value is -0.580. The molecule has 92 valence electrons. The van der Waals surface area contributed by atoms with Crippen molar-refractivity contribution in [1.82, 2.24) is 4.90 Å². The molecule has 1 aliphatic rings. The normalized spacial score (nSPS) is 19.7. The quantitative estimate of drug-likeness (QED) is 0.911. The highest BCUT2D eigenvalue weighted by molar-refractivity contribution is 9.10. The molecule has 1 aromatic carbocycles. The lowest BCUT2D eigenvalue weighted by molar-refractivity contribution is 0.0788. The minimum atomic E-state index is -0.00144. The topological polar surface area (TPSA) is 46.3 Å². The number of nitrogens with zero attached hydrogens (tertiary/aromatic N) is 1. The van der Waals surface area contributed by atoms with Crippen LogP contribution in [-0.4, -0.2) is 30.4 Å². The average Bonchev–Trinajstić information content (AvgIpc) is 2.76. The number of hydrogen-bond acceptors (Lipinski definition) is 2. The van der Waals surface area contributed by atoms with Crippen LogP contribution in [0, 0.1) is 5.92 Å². The van der Waals surface area contributed by atoms with Gasteiger partial charge in [0.2, 0.25) is 0 Å². The van der Waals surface area contributed by atoms with Crippen molar-refractivity contribution in [2.45, 2.75) is 6.42 Å². The summed E-state index contributed by atoms with van der Waals surface area (Å²) in [5.74, 6) is 0.423. The van der Waals surface area contributed by atoms with E-state index in [1.165, 1.54) is 0 Å². The minimum Gasteiger partial charge on any atom is -0.338 e. The largest absolute Gasteiger partial charge is 0.338 e. The van der Waals surface area contributed by atoms with E-state index in [1.807, 2.05) is 11.0 Å². The molecule has 1 aliphatic heterocycles. The van der Waals surface area contributed by atoms with Crippen LogP contribution < -0.4 is 5.73 Å². The fraction of sp³-hybridized carbons (Fsp3) is 0.417. The number of carbonyl (C=O) groups excluding carboxylic acids is 1. The average molecular weight is 318 g/mol. The van der Waals surface area contributed by atoms with Gasteiger partial charge in [-0.2, -0.15) is 0 Å². The zero-order valence-corrected chi connectivity index (χ0v) is 11.7. The molecule has 0 radical (unpaired) electrons. The molecule has 1 saturated heterocycles. The van der Waals surface area contributed by atoms with E-state index < -0.39 is 0 Å². The van der Waals surface area contributed by atoms with E-state index in [0.29, 0.717) is 23.0 Å². The second-order valence-corrected chi connectivity index (χ2v) is 5.59. The molecule has 0 saturated carbocycles. The lowest BCUT2D eigenvalue weighted by Gasteiger charge is -2.17. The van der Waals surface area contributed by atoms with Crippen molar-refractivity contribution in [1.29, 1.82) is 0 Å². The summed E-state index contributed by atoms with van der Waals surface area (Å²) in [6, 6.07) is 5.32. The van der Waals surface area contributed by atoms with Crippen LogP contribution >= 0.6 is 27.5 Å². The van der Waals surface area contributed by atoms with Crippen molar-refractivity contribution in [3.8, 4) is 0 Å². The zero-order chi connectivity index (χ0) is 12.4. The van der Waals surface area contributed by atoms with Gasteiger partial charge in [0.1, 0.15) is 0 Å². The summed E-state index contributed by atoms with van der Waals surface area (Å²) >= 11 is 9.39. The maximum atomic E-state index is 12.2. The molecule has 1 heterocycles. The van der Waals surface area contributed by atoms with Crippen LogP contribution in [0.15, 0.2) is 22.7 Å². The Kier molecular flexibility index (Phi) is 4.07. The van der Waals surface area contributed by atoms with E-state index in [0.717, 1.165) is 24.0 Å². The number of hydrogen-bond donors (Lipinski definition) is 1.